The molecule has 5 heteroatoms. The van der Waals surface area contributed by atoms with Crippen LogP contribution in [-0.2, 0) is 19.1 Å². The van der Waals surface area contributed by atoms with E-state index in [0.717, 1.165) is 42.5 Å². The molecule has 1 aromatic rings. The fourth-order valence-electron chi connectivity index (χ4n) is 4.61. The van der Waals surface area contributed by atoms with Crippen LogP contribution < -0.4 is 0 Å². The molecule has 2 unspecified atom stereocenters. The molecule has 1 aliphatic carbocycles. The summed E-state index contributed by atoms with van der Waals surface area (Å²) in [5, 5.41) is 0. The molecule has 5 nitrogen and oxygen atoms in total. The number of piperidine rings is 1. The minimum atomic E-state index is -0.467. The van der Waals surface area contributed by atoms with Gasteiger partial charge in [-0.15, -0.1) is 0 Å². The van der Waals surface area contributed by atoms with Crippen LogP contribution in [0.1, 0.15) is 60.3 Å². The van der Waals surface area contributed by atoms with Gasteiger partial charge < -0.3 is 14.4 Å². The molecular formula is C22H25NO4. The first-order chi connectivity index (χ1) is 13.0. The summed E-state index contributed by atoms with van der Waals surface area (Å²) in [6.45, 7) is 5.27. The maximum atomic E-state index is 13.3. The molecule has 1 aromatic carbocycles. The third kappa shape index (κ3) is 2.89. The number of fused-ring (bicyclic) bond motifs is 1. The fraction of sp³-hybridized carbons (Fsp3) is 0.545. The average Bonchev–Trinajstić information content (AvgIpc) is 3.55. The highest BCUT2D eigenvalue weighted by molar-refractivity contribution is 6.23. The second-order valence-corrected chi connectivity index (χ2v) is 8.30. The highest BCUT2D eigenvalue weighted by Gasteiger charge is 2.45. The third-order valence-corrected chi connectivity index (χ3v) is 6.19. The molecule has 5 rings (SSSR count). The van der Waals surface area contributed by atoms with Gasteiger partial charge in [0.1, 0.15) is 5.76 Å². The summed E-state index contributed by atoms with van der Waals surface area (Å²) in [4.78, 5) is 27.5. The molecule has 2 saturated heterocycles. The molecule has 0 spiro atoms. The lowest BCUT2D eigenvalue weighted by Gasteiger charge is -2.30. The number of amides is 1. The lowest BCUT2D eigenvalue weighted by atomic mass is 9.91. The number of esters is 1. The summed E-state index contributed by atoms with van der Waals surface area (Å²) in [5.41, 5.74) is 5.08. The number of nitrogens with zero attached hydrogens (tertiary/aromatic N) is 1. The molecule has 3 aliphatic heterocycles. The van der Waals surface area contributed by atoms with Crippen LogP contribution in [0.15, 0.2) is 17.9 Å². The van der Waals surface area contributed by atoms with Crippen molar-refractivity contribution < 1.29 is 19.1 Å². The van der Waals surface area contributed by atoms with Gasteiger partial charge in [-0.1, -0.05) is 12.1 Å². The van der Waals surface area contributed by atoms with E-state index in [1.54, 1.807) is 0 Å². The van der Waals surface area contributed by atoms with Gasteiger partial charge in [-0.2, -0.15) is 0 Å². The quantitative estimate of drug-likeness (QED) is 0.606. The van der Waals surface area contributed by atoms with Crippen molar-refractivity contribution in [2.45, 2.75) is 64.0 Å². The molecule has 0 N–H and O–H groups in total. The SMILES string of the molecule is Cc1cc(C2CC2)cc(C)c1C1=C(OC(=O)C2CO2)C2CCCCN2C1=O. The Hall–Kier alpha value is -2.14. The van der Waals surface area contributed by atoms with Crippen LogP contribution in [-0.4, -0.2) is 42.1 Å². The predicted molar refractivity (Wildman–Crippen MR) is 100.0 cm³/mol. The zero-order chi connectivity index (χ0) is 18.7. The zero-order valence-corrected chi connectivity index (χ0v) is 15.9. The zero-order valence-electron chi connectivity index (χ0n) is 15.9. The van der Waals surface area contributed by atoms with Crippen LogP contribution in [0.25, 0.3) is 5.57 Å². The van der Waals surface area contributed by atoms with Crippen LogP contribution in [0.4, 0.5) is 0 Å². The second-order valence-electron chi connectivity index (χ2n) is 8.30. The molecule has 27 heavy (non-hydrogen) atoms. The molecule has 3 heterocycles. The van der Waals surface area contributed by atoms with Gasteiger partial charge in [0, 0.05) is 6.54 Å². The number of epoxide rings is 1. The first kappa shape index (κ1) is 17.0. The van der Waals surface area contributed by atoms with Gasteiger partial charge in [-0.3, -0.25) is 4.79 Å². The number of rotatable bonds is 4. The Morgan fingerprint density at radius 1 is 1.15 bits per heavy atom. The van der Waals surface area contributed by atoms with Gasteiger partial charge in [-0.05, 0) is 74.1 Å². The molecule has 4 aliphatic rings. The molecule has 0 aromatic heterocycles. The number of carbonyl (C=O) groups is 2. The molecule has 1 saturated carbocycles. The number of aryl methyl sites for hydroxylation is 2. The molecule has 1 amide bonds. The first-order valence-electron chi connectivity index (χ1n) is 10.0. The normalized spacial score (nSPS) is 27.0. The van der Waals surface area contributed by atoms with Gasteiger partial charge in [0.05, 0.1) is 18.2 Å². The minimum absolute atomic E-state index is 0.00425. The van der Waals surface area contributed by atoms with Gasteiger partial charge in [0.2, 0.25) is 0 Å². The summed E-state index contributed by atoms with van der Waals surface area (Å²) in [7, 11) is 0. The van der Waals surface area contributed by atoms with Gasteiger partial charge >= 0.3 is 5.97 Å². The number of benzene rings is 1. The van der Waals surface area contributed by atoms with Crippen molar-refractivity contribution in [1.82, 2.24) is 4.90 Å². The summed E-state index contributed by atoms with van der Waals surface area (Å²) >= 11 is 0. The van der Waals surface area contributed by atoms with Crippen LogP contribution in [0.2, 0.25) is 0 Å². The van der Waals surface area contributed by atoms with Crippen molar-refractivity contribution in [2.75, 3.05) is 13.2 Å². The minimum Gasteiger partial charge on any atom is -0.426 e. The van der Waals surface area contributed by atoms with Crippen molar-refractivity contribution in [3.63, 3.8) is 0 Å². The first-order valence-corrected chi connectivity index (χ1v) is 10.0. The Kier molecular flexibility index (Phi) is 3.90. The van der Waals surface area contributed by atoms with E-state index >= 15 is 0 Å². The Bertz CT molecular complexity index is 840. The average molecular weight is 367 g/mol. The maximum Gasteiger partial charge on any atom is 0.342 e. The highest BCUT2D eigenvalue weighted by atomic mass is 16.6. The predicted octanol–water partition coefficient (Wildman–Crippen LogP) is 3.23. The fourth-order valence-corrected chi connectivity index (χ4v) is 4.61. The number of hydrogen-bond acceptors (Lipinski definition) is 4. The third-order valence-electron chi connectivity index (χ3n) is 6.19. The smallest absolute Gasteiger partial charge is 0.342 e. The molecule has 2 atom stereocenters. The Labute approximate surface area is 159 Å². The largest absolute Gasteiger partial charge is 0.426 e. The summed E-state index contributed by atoms with van der Waals surface area (Å²) in [6, 6.07) is 4.30. The lowest BCUT2D eigenvalue weighted by molar-refractivity contribution is -0.142. The standard InChI is InChI=1S/C22H25NO4/c1-12-9-15(14-6-7-14)10-13(2)18(12)19-20(27-22(25)17-11-26-17)16-5-3-4-8-23(16)21(19)24/h9-10,14,16-17H,3-8,11H2,1-2H3. The Morgan fingerprint density at radius 3 is 2.48 bits per heavy atom. The van der Waals surface area contributed by atoms with Crippen molar-refractivity contribution in [1.29, 1.82) is 0 Å². The number of hydrogen-bond donors (Lipinski definition) is 0. The molecular weight excluding hydrogens is 342 g/mol. The second kappa shape index (κ2) is 6.20. The number of carbonyl (C=O) groups excluding carboxylic acids is 2. The van der Waals surface area contributed by atoms with Crippen LogP contribution in [0.3, 0.4) is 0 Å². The molecule has 3 fully saturated rings. The van der Waals surface area contributed by atoms with Crippen LogP contribution in [0, 0.1) is 13.8 Å². The van der Waals surface area contributed by atoms with Gasteiger partial charge in [-0.25, -0.2) is 4.79 Å². The van der Waals surface area contributed by atoms with Crippen molar-refractivity contribution in [3.8, 4) is 0 Å². The van der Waals surface area contributed by atoms with Crippen molar-refractivity contribution >= 4 is 17.4 Å². The maximum absolute atomic E-state index is 13.3. The van der Waals surface area contributed by atoms with E-state index in [4.69, 9.17) is 9.47 Å². The monoisotopic (exact) mass is 367 g/mol. The Morgan fingerprint density at radius 2 is 1.85 bits per heavy atom. The van der Waals surface area contributed by atoms with E-state index in [1.165, 1.54) is 18.4 Å². The van der Waals surface area contributed by atoms with Crippen molar-refractivity contribution in [2.24, 2.45) is 0 Å². The van der Waals surface area contributed by atoms with Crippen molar-refractivity contribution in [3.05, 3.63) is 40.1 Å². The van der Waals surface area contributed by atoms with E-state index in [9.17, 15) is 9.59 Å². The van der Waals surface area contributed by atoms with E-state index < -0.39 is 6.10 Å². The Balaban J connectivity index is 1.61. The van der Waals surface area contributed by atoms with E-state index in [2.05, 4.69) is 26.0 Å². The molecule has 142 valence electrons. The highest BCUT2D eigenvalue weighted by Crippen LogP contribution is 2.44. The summed E-state index contributed by atoms with van der Waals surface area (Å²) < 4.78 is 10.9. The van der Waals surface area contributed by atoms with Crippen LogP contribution in [0.5, 0.6) is 0 Å². The summed E-state index contributed by atoms with van der Waals surface area (Å²) in [5.74, 6) is 0.850. The van der Waals surface area contributed by atoms with Crippen LogP contribution >= 0.6 is 0 Å². The van der Waals surface area contributed by atoms with E-state index in [1.807, 2.05) is 4.90 Å². The van der Waals surface area contributed by atoms with E-state index in [-0.39, 0.29) is 17.9 Å². The topological polar surface area (TPSA) is 59.1 Å². The summed E-state index contributed by atoms with van der Waals surface area (Å²) in [6.07, 6.45) is 4.93. The number of ether oxygens (including phenoxy) is 2. The molecule has 0 bridgehead atoms. The van der Waals surface area contributed by atoms with Gasteiger partial charge in [0.15, 0.2) is 6.10 Å². The van der Waals surface area contributed by atoms with E-state index in [0.29, 0.717) is 23.9 Å². The lowest BCUT2D eigenvalue weighted by Crippen LogP contribution is -2.40. The van der Waals surface area contributed by atoms with Gasteiger partial charge in [0.25, 0.3) is 5.91 Å². The molecule has 0 radical (unpaired) electrons.